The number of ether oxygens (including phenoxy) is 2. The standard InChI is InChI=1S/C15H18FNO3/c16-12-1-2-13-14(9-12)20-6-3-11(15(13)18)10-17-4-7-19-8-5-17/h1-2,9,11H,3-8,10H2. The molecule has 1 atom stereocenters. The quantitative estimate of drug-likeness (QED) is 0.826. The number of benzene rings is 1. The van der Waals surface area contributed by atoms with Crippen molar-refractivity contribution in [2.45, 2.75) is 6.42 Å². The summed E-state index contributed by atoms with van der Waals surface area (Å²) in [6.07, 6.45) is 0.673. The third kappa shape index (κ3) is 2.83. The predicted octanol–water partition coefficient (Wildman–Crippen LogP) is 1.74. The Hall–Kier alpha value is -1.46. The van der Waals surface area contributed by atoms with Gasteiger partial charge in [0.15, 0.2) is 5.78 Å². The molecule has 1 fully saturated rings. The molecule has 3 rings (SSSR count). The average molecular weight is 279 g/mol. The summed E-state index contributed by atoms with van der Waals surface area (Å²) in [6, 6.07) is 4.15. The first kappa shape index (κ1) is 13.5. The minimum Gasteiger partial charge on any atom is -0.493 e. The van der Waals surface area contributed by atoms with Gasteiger partial charge in [-0.2, -0.15) is 0 Å². The maximum atomic E-state index is 13.2. The van der Waals surface area contributed by atoms with Gasteiger partial charge in [0.05, 0.1) is 25.4 Å². The Kier molecular flexibility index (Phi) is 3.98. The highest BCUT2D eigenvalue weighted by Crippen LogP contribution is 2.28. The third-order valence-electron chi connectivity index (χ3n) is 3.89. The molecular weight excluding hydrogens is 261 g/mol. The molecule has 2 heterocycles. The molecule has 0 aromatic heterocycles. The minimum absolute atomic E-state index is 0.0593. The van der Waals surface area contributed by atoms with E-state index >= 15 is 0 Å². The Morgan fingerprint density at radius 1 is 1.25 bits per heavy atom. The molecule has 5 heteroatoms. The SMILES string of the molecule is O=C1c2ccc(F)cc2OCCC1CN1CCOCC1. The van der Waals surface area contributed by atoms with Crippen LogP contribution in [0.1, 0.15) is 16.8 Å². The van der Waals surface area contributed by atoms with Crippen molar-refractivity contribution < 1.29 is 18.7 Å². The van der Waals surface area contributed by atoms with Crippen LogP contribution in [0.3, 0.4) is 0 Å². The first-order valence-electron chi connectivity index (χ1n) is 7.01. The second-order valence-corrected chi connectivity index (χ2v) is 5.25. The van der Waals surface area contributed by atoms with Crippen molar-refractivity contribution in [3.63, 3.8) is 0 Å². The van der Waals surface area contributed by atoms with E-state index in [1.165, 1.54) is 18.2 Å². The molecule has 1 saturated heterocycles. The first-order chi connectivity index (χ1) is 9.74. The summed E-state index contributed by atoms with van der Waals surface area (Å²) in [5.41, 5.74) is 0.502. The van der Waals surface area contributed by atoms with Gasteiger partial charge in [0.25, 0.3) is 0 Å². The molecule has 0 aliphatic carbocycles. The monoisotopic (exact) mass is 279 g/mol. The smallest absolute Gasteiger partial charge is 0.171 e. The molecule has 0 N–H and O–H groups in total. The summed E-state index contributed by atoms with van der Waals surface area (Å²) in [7, 11) is 0. The fourth-order valence-electron chi connectivity index (χ4n) is 2.75. The Morgan fingerprint density at radius 3 is 2.85 bits per heavy atom. The first-order valence-corrected chi connectivity index (χ1v) is 7.01. The molecule has 2 aliphatic heterocycles. The van der Waals surface area contributed by atoms with E-state index in [1.54, 1.807) is 0 Å². The second-order valence-electron chi connectivity index (χ2n) is 5.25. The van der Waals surface area contributed by atoms with Crippen molar-refractivity contribution >= 4 is 5.78 Å². The number of fused-ring (bicyclic) bond motifs is 1. The van der Waals surface area contributed by atoms with Crippen molar-refractivity contribution in [2.24, 2.45) is 5.92 Å². The van der Waals surface area contributed by atoms with E-state index in [4.69, 9.17) is 9.47 Å². The van der Waals surface area contributed by atoms with Gasteiger partial charge in [0, 0.05) is 31.6 Å². The number of morpholine rings is 1. The van der Waals surface area contributed by atoms with Crippen LogP contribution in [0.25, 0.3) is 0 Å². The highest BCUT2D eigenvalue weighted by molar-refractivity contribution is 6.00. The van der Waals surface area contributed by atoms with Gasteiger partial charge in [0.2, 0.25) is 0 Å². The van der Waals surface area contributed by atoms with Crippen molar-refractivity contribution in [3.05, 3.63) is 29.6 Å². The van der Waals surface area contributed by atoms with E-state index in [2.05, 4.69) is 4.90 Å². The molecule has 2 aliphatic rings. The fourth-order valence-corrected chi connectivity index (χ4v) is 2.75. The van der Waals surface area contributed by atoms with Gasteiger partial charge >= 0.3 is 0 Å². The number of carbonyl (C=O) groups excluding carboxylic acids is 1. The lowest BCUT2D eigenvalue weighted by atomic mass is 9.94. The number of ketones is 1. The molecule has 4 nitrogen and oxygen atoms in total. The molecule has 0 bridgehead atoms. The van der Waals surface area contributed by atoms with Crippen molar-refractivity contribution in [2.75, 3.05) is 39.5 Å². The van der Waals surface area contributed by atoms with Crippen LogP contribution in [0.15, 0.2) is 18.2 Å². The number of hydrogen-bond donors (Lipinski definition) is 0. The number of halogens is 1. The van der Waals surface area contributed by atoms with Crippen LogP contribution in [0, 0.1) is 11.7 Å². The van der Waals surface area contributed by atoms with E-state index in [9.17, 15) is 9.18 Å². The van der Waals surface area contributed by atoms with Crippen LogP contribution >= 0.6 is 0 Å². The average Bonchev–Trinajstić information content (AvgIpc) is 2.60. The highest BCUT2D eigenvalue weighted by atomic mass is 19.1. The lowest BCUT2D eigenvalue weighted by molar-refractivity contribution is 0.0291. The number of nitrogens with zero attached hydrogens (tertiary/aromatic N) is 1. The minimum atomic E-state index is -0.372. The zero-order valence-corrected chi connectivity index (χ0v) is 11.3. The van der Waals surface area contributed by atoms with Gasteiger partial charge in [-0.1, -0.05) is 0 Å². The summed E-state index contributed by atoms with van der Waals surface area (Å²) in [5.74, 6) is -0.0218. The van der Waals surface area contributed by atoms with Gasteiger partial charge in [-0.05, 0) is 18.6 Å². The van der Waals surface area contributed by atoms with E-state index in [1.807, 2.05) is 0 Å². The van der Waals surface area contributed by atoms with Crippen LogP contribution in [-0.4, -0.2) is 50.1 Å². The molecule has 0 spiro atoms. The van der Waals surface area contributed by atoms with Gasteiger partial charge in [-0.25, -0.2) is 4.39 Å². The van der Waals surface area contributed by atoms with Crippen molar-refractivity contribution in [3.8, 4) is 5.75 Å². The van der Waals surface area contributed by atoms with Crippen LogP contribution in [-0.2, 0) is 4.74 Å². The van der Waals surface area contributed by atoms with Gasteiger partial charge in [-0.3, -0.25) is 9.69 Å². The zero-order chi connectivity index (χ0) is 13.9. The lowest BCUT2D eigenvalue weighted by Gasteiger charge is -2.29. The summed E-state index contributed by atoms with van der Waals surface area (Å²) >= 11 is 0. The number of Topliss-reactive ketones (excluding diaryl/α,β-unsaturated/α-hetero) is 1. The maximum Gasteiger partial charge on any atom is 0.171 e. The van der Waals surface area contributed by atoms with Crippen LogP contribution in [0.2, 0.25) is 0 Å². The van der Waals surface area contributed by atoms with E-state index in [-0.39, 0.29) is 17.5 Å². The Morgan fingerprint density at radius 2 is 2.05 bits per heavy atom. The largest absolute Gasteiger partial charge is 0.493 e. The lowest BCUT2D eigenvalue weighted by Crippen LogP contribution is -2.41. The topological polar surface area (TPSA) is 38.8 Å². The number of rotatable bonds is 2. The molecule has 0 amide bonds. The van der Waals surface area contributed by atoms with Crippen LogP contribution in [0.4, 0.5) is 4.39 Å². The van der Waals surface area contributed by atoms with Gasteiger partial charge in [0.1, 0.15) is 11.6 Å². The Labute approximate surface area is 117 Å². The molecule has 1 aromatic rings. The highest BCUT2D eigenvalue weighted by Gasteiger charge is 2.28. The molecule has 1 unspecified atom stereocenters. The van der Waals surface area contributed by atoms with E-state index in [0.29, 0.717) is 24.3 Å². The molecule has 0 radical (unpaired) electrons. The number of carbonyl (C=O) groups is 1. The van der Waals surface area contributed by atoms with Gasteiger partial charge in [-0.15, -0.1) is 0 Å². The second kappa shape index (κ2) is 5.89. The zero-order valence-electron chi connectivity index (χ0n) is 11.3. The molecular formula is C15H18FNO3. The molecule has 1 aromatic carbocycles. The molecule has 0 saturated carbocycles. The summed E-state index contributed by atoms with van der Waals surface area (Å²) < 4.78 is 24.0. The molecule has 108 valence electrons. The summed E-state index contributed by atoms with van der Waals surface area (Å²) in [5, 5.41) is 0. The van der Waals surface area contributed by atoms with E-state index in [0.717, 1.165) is 32.8 Å². The Bertz CT molecular complexity index is 500. The Balaban J connectivity index is 1.76. The van der Waals surface area contributed by atoms with Gasteiger partial charge < -0.3 is 9.47 Å². The molecule has 20 heavy (non-hydrogen) atoms. The predicted molar refractivity (Wildman–Crippen MR) is 71.6 cm³/mol. The van der Waals surface area contributed by atoms with Crippen LogP contribution < -0.4 is 4.74 Å². The summed E-state index contributed by atoms with van der Waals surface area (Å²) in [4.78, 5) is 14.8. The van der Waals surface area contributed by atoms with Crippen molar-refractivity contribution in [1.82, 2.24) is 4.90 Å². The van der Waals surface area contributed by atoms with Crippen LogP contribution in [0.5, 0.6) is 5.75 Å². The maximum absolute atomic E-state index is 13.2. The van der Waals surface area contributed by atoms with E-state index < -0.39 is 0 Å². The normalized spacial score (nSPS) is 23.9. The fraction of sp³-hybridized carbons (Fsp3) is 0.533. The number of hydrogen-bond acceptors (Lipinski definition) is 4. The van der Waals surface area contributed by atoms with Crippen molar-refractivity contribution in [1.29, 1.82) is 0 Å². The third-order valence-corrected chi connectivity index (χ3v) is 3.89. The summed E-state index contributed by atoms with van der Waals surface area (Å²) in [6.45, 7) is 4.35.